The molecule has 0 N–H and O–H groups in total. The lowest BCUT2D eigenvalue weighted by Crippen LogP contribution is -2.18. The van der Waals surface area contributed by atoms with Gasteiger partial charge in [0.05, 0.1) is 0 Å². The Labute approximate surface area is 84.5 Å². The van der Waals surface area contributed by atoms with E-state index < -0.39 is 0 Å². The van der Waals surface area contributed by atoms with Crippen LogP contribution < -0.4 is 4.90 Å². The largest absolute Gasteiger partial charge is 0.371 e. The highest BCUT2D eigenvalue weighted by atomic mass is 16.1. The van der Waals surface area contributed by atoms with Crippen molar-refractivity contribution in [2.45, 2.75) is 19.8 Å². The molecule has 0 spiro atoms. The van der Waals surface area contributed by atoms with Gasteiger partial charge in [-0.05, 0) is 43.5 Å². The van der Waals surface area contributed by atoms with E-state index in [9.17, 15) is 4.79 Å². The van der Waals surface area contributed by atoms with Crippen molar-refractivity contribution >= 4 is 12.0 Å². The number of carbonyl (C=O) groups excluding carboxylic acids is 1. The maximum atomic E-state index is 10.6. The van der Waals surface area contributed by atoms with E-state index in [2.05, 4.69) is 17.9 Å². The standard InChI is InChI=1S/C12H15NO/c1-10-8-11(9-14)4-5-12(10)13-6-2-3-7-13/h4-5,8-9H,2-3,6-7H2,1H3. The van der Waals surface area contributed by atoms with Crippen molar-refractivity contribution in [2.75, 3.05) is 18.0 Å². The minimum Gasteiger partial charge on any atom is -0.371 e. The maximum absolute atomic E-state index is 10.6. The summed E-state index contributed by atoms with van der Waals surface area (Å²) in [5.74, 6) is 0. The predicted molar refractivity (Wildman–Crippen MR) is 58.0 cm³/mol. The number of rotatable bonds is 2. The Balaban J connectivity index is 2.29. The first-order valence-corrected chi connectivity index (χ1v) is 5.12. The zero-order valence-electron chi connectivity index (χ0n) is 8.49. The molecule has 2 heteroatoms. The number of aryl methyl sites for hydroxylation is 1. The molecule has 1 aliphatic rings. The highest BCUT2D eigenvalue weighted by molar-refractivity contribution is 5.77. The van der Waals surface area contributed by atoms with Gasteiger partial charge in [-0.3, -0.25) is 4.79 Å². The first-order valence-electron chi connectivity index (χ1n) is 5.12. The summed E-state index contributed by atoms with van der Waals surface area (Å²) in [4.78, 5) is 13.0. The van der Waals surface area contributed by atoms with Gasteiger partial charge in [-0.1, -0.05) is 0 Å². The summed E-state index contributed by atoms with van der Waals surface area (Å²) in [5.41, 5.74) is 3.26. The molecule has 1 aromatic carbocycles. The van der Waals surface area contributed by atoms with Crippen molar-refractivity contribution in [1.29, 1.82) is 0 Å². The molecule has 14 heavy (non-hydrogen) atoms. The molecule has 2 nitrogen and oxygen atoms in total. The zero-order valence-corrected chi connectivity index (χ0v) is 8.49. The summed E-state index contributed by atoms with van der Waals surface area (Å²) in [6.07, 6.45) is 3.48. The molecule has 0 amide bonds. The normalized spacial score (nSPS) is 15.9. The van der Waals surface area contributed by atoms with Gasteiger partial charge in [0.2, 0.25) is 0 Å². The number of anilines is 1. The van der Waals surface area contributed by atoms with Crippen LogP contribution in [0, 0.1) is 6.92 Å². The Kier molecular flexibility index (Phi) is 2.53. The van der Waals surface area contributed by atoms with Crippen LogP contribution in [0.3, 0.4) is 0 Å². The van der Waals surface area contributed by atoms with E-state index in [-0.39, 0.29) is 0 Å². The number of hydrogen-bond donors (Lipinski definition) is 0. The van der Waals surface area contributed by atoms with Crippen molar-refractivity contribution in [2.24, 2.45) is 0 Å². The smallest absolute Gasteiger partial charge is 0.150 e. The summed E-state index contributed by atoms with van der Waals surface area (Å²) >= 11 is 0. The minimum atomic E-state index is 0.769. The SMILES string of the molecule is Cc1cc(C=O)ccc1N1CCCC1. The molecule has 0 bridgehead atoms. The third-order valence-corrected chi connectivity index (χ3v) is 2.80. The zero-order chi connectivity index (χ0) is 9.97. The minimum absolute atomic E-state index is 0.769. The Bertz CT molecular complexity index is 340. The summed E-state index contributed by atoms with van der Waals surface area (Å²) in [5, 5.41) is 0. The molecule has 0 radical (unpaired) electrons. The number of hydrogen-bond acceptors (Lipinski definition) is 2. The van der Waals surface area contributed by atoms with Gasteiger partial charge < -0.3 is 4.90 Å². The number of benzene rings is 1. The van der Waals surface area contributed by atoms with Gasteiger partial charge in [0.1, 0.15) is 6.29 Å². The third kappa shape index (κ3) is 1.65. The van der Waals surface area contributed by atoms with E-state index in [4.69, 9.17) is 0 Å². The second kappa shape index (κ2) is 3.82. The van der Waals surface area contributed by atoms with Crippen LogP contribution in [0.1, 0.15) is 28.8 Å². The van der Waals surface area contributed by atoms with Gasteiger partial charge >= 0.3 is 0 Å². The molecule has 74 valence electrons. The van der Waals surface area contributed by atoms with Crippen LogP contribution in [-0.2, 0) is 0 Å². The highest BCUT2D eigenvalue weighted by Crippen LogP contribution is 2.24. The van der Waals surface area contributed by atoms with Crippen LogP contribution in [0.25, 0.3) is 0 Å². The van der Waals surface area contributed by atoms with E-state index >= 15 is 0 Å². The molecule has 1 fully saturated rings. The summed E-state index contributed by atoms with van der Waals surface area (Å²) in [6.45, 7) is 4.38. The fourth-order valence-electron chi connectivity index (χ4n) is 2.06. The van der Waals surface area contributed by atoms with Crippen LogP contribution in [0.5, 0.6) is 0 Å². The fraction of sp³-hybridized carbons (Fsp3) is 0.417. The Morgan fingerprint density at radius 2 is 2.00 bits per heavy atom. The maximum Gasteiger partial charge on any atom is 0.150 e. The van der Waals surface area contributed by atoms with Crippen LogP contribution in [0.4, 0.5) is 5.69 Å². The van der Waals surface area contributed by atoms with Crippen LogP contribution >= 0.6 is 0 Å². The quantitative estimate of drug-likeness (QED) is 0.666. The molecule has 0 aliphatic carbocycles. The van der Waals surface area contributed by atoms with E-state index in [1.165, 1.54) is 24.1 Å². The Hall–Kier alpha value is -1.31. The molecule has 0 saturated carbocycles. The first kappa shape index (κ1) is 9.25. The third-order valence-electron chi connectivity index (χ3n) is 2.80. The van der Waals surface area contributed by atoms with Gasteiger partial charge in [-0.25, -0.2) is 0 Å². The summed E-state index contributed by atoms with van der Waals surface area (Å²) in [6, 6.07) is 5.92. The van der Waals surface area contributed by atoms with E-state index in [1.807, 2.05) is 12.1 Å². The van der Waals surface area contributed by atoms with Crippen LogP contribution in [-0.4, -0.2) is 19.4 Å². The van der Waals surface area contributed by atoms with Gasteiger partial charge in [-0.2, -0.15) is 0 Å². The Morgan fingerprint density at radius 3 is 2.57 bits per heavy atom. The van der Waals surface area contributed by atoms with E-state index in [1.54, 1.807) is 0 Å². The van der Waals surface area contributed by atoms with E-state index in [0.29, 0.717) is 0 Å². The van der Waals surface area contributed by atoms with Crippen LogP contribution in [0.15, 0.2) is 18.2 Å². The predicted octanol–water partition coefficient (Wildman–Crippen LogP) is 2.41. The molecule has 0 aromatic heterocycles. The molecule has 1 saturated heterocycles. The molecule has 1 heterocycles. The van der Waals surface area contributed by atoms with Gasteiger partial charge in [0.15, 0.2) is 0 Å². The second-order valence-corrected chi connectivity index (χ2v) is 3.86. The summed E-state index contributed by atoms with van der Waals surface area (Å²) in [7, 11) is 0. The topological polar surface area (TPSA) is 20.3 Å². The van der Waals surface area contributed by atoms with Gasteiger partial charge in [0, 0.05) is 24.3 Å². The second-order valence-electron chi connectivity index (χ2n) is 3.86. The van der Waals surface area contributed by atoms with E-state index in [0.717, 1.165) is 24.9 Å². The fourth-order valence-corrected chi connectivity index (χ4v) is 2.06. The molecule has 1 aliphatic heterocycles. The van der Waals surface area contributed by atoms with Crippen molar-refractivity contribution in [1.82, 2.24) is 0 Å². The van der Waals surface area contributed by atoms with Gasteiger partial charge in [-0.15, -0.1) is 0 Å². The van der Waals surface area contributed by atoms with Crippen molar-refractivity contribution < 1.29 is 4.79 Å². The average molecular weight is 189 g/mol. The molecule has 0 unspecified atom stereocenters. The lowest BCUT2D eigenvalue weighted by molar-refractivity contribution is 0.112. The molecule has 0 atom stereocenters. The lowest BCUT2D eigenvalue weighted by Gasteiger charge is -2.20. The monoisotopic (exact) mass is 189 g/mol. The van der Waals surface area contributed by atoms with Crippen molar-refractivity contribution in [3.8, 4) is 0 Å². The van der Waals surface area contributed by atoms with Gasteiger partial charge in [0.25, 0.3) is 0 Å². The summed E-state index contributed by atoms with van der Waals surface area (Å²) < 4.78 is 0. The average Bonchev–Trinajstić information content (AvgIpc) is 2.70. The molecular weight excluding hydrogens is 174 g/mol. The molecule has 2 rings (SSSR count). The number of nitrogens with zero attached hydrogens (tertiary/aromatic N) is 1. The lowest BCUT2D eigenvalue weighted by atomic mass is 10.1. The Morgan fingerprint density at radius 1 is 1.29 bits per heavy atom. The molecular formula is C12H15NO. The van der Waals surface area contributed by atoms with Crippen molar-refractivity contribution in [3.05, 3.63) is 29.3 Å². The molecule has 1 aromatic rings. The van der Waals surface area contributed by atoms with Crippen LogP contribution in [0.2, 0.25) is 0 Å². The van der Waals surface area contributed by atoms with Crippen molar-refractivity contribution in [3.63, 3.8) is 0 Å². The number of carbonyl (C=O) groups is 1. The first-order chi connectivity index (χ1) is 6.81. The number of aldehydes is 1. The highest BCUT2D eigenvalue weighted by Gasteiger charge is 2.13.